The minimum Gasteiger partial charge on any atom is -0.465 e. The molecule has 0 aliphatic carbocycles. The molecule has 0 spiro atoms. The molecule has 21 heavy (non-hydrogen) atoms. The first-order valence-corrected chi connectivity index (χ1v) is 6.53. The molecule has 0 aliphatic heterocycles. The summed E-state index contributed by atoms with van der Waals surface area (Å²) in [6, 6.07) is 7.02. The second kappa shape index (κ2) is 5.83. The van der Waals surface area contributed by atoms with Crippen LogP contribution in [0.25, 0.3) is 0 Å². The van der Waals surface area contributed by atoms with Crippen molar-refractivity contribution in [3.05, 3.63) is 46.6 Å². The van der Waals surface area contributed by atoms with Crippen LogP contribution in [0.4, 0.5) is 5.69 Å². The summed E-state index contributed by atoms with van der Waals surface area (Å²) in [5.74, 6) is 0.706. The third-order valence-electron chi connectivity index (χ3n) is 3.24. The van der Waals surface area contributed by atoms with Gasteiger partial charge in [-0.1, -0.05) is 0 Å². The fraction of sp³-hybridized carbons (Fsp3) is 0.250. The van der Waals surface area contributed by atoms with Gasteiger partial charge < -0.3 is 15.2 Å². The fourth-order valence-corrected chi connectivity index (χ4v) is 1.96. The van der Waals surface area contributed by atoms with Crippen LogP contribution in [0.3, 0.4) is 0 Å². The lowest BCUT2D eigenvalue weighted by Gasteiger charge is -2.11. The van der Waals surface area contributed by atoms with Crippen molar-refractivity contribution in [2.75, 3.05) is 12.8 Å². The number of carbonyl (C=O) groups is 1. The normalized spacial score (nSPS) is 10.3. The highest BCUT2D eigenvalue weighted by atomic mass is 16.5. The summed E-state index contributed by atoms with van der Waals surface area (Å²) >= 11 is 0. The SMILES string of the molecule is COC(=O)c1ccc(Oc2cc(C)c(N)cc2C)nc1C. The van der Waals surface area contributed by atoms with E-state index in [0.717, 1.165) is 16.8 Å². The Hall–Kier alpha value is -2.56. The molecule has 2 aromatic rings. The summed E-state index contributed by atoms with van der Waals surface area (Å²) in [6.45, 7) is 5.57. The van der Waals surface area contributed by atoms with E-state index in [0.29, 0.717) is 22.9 Å². The van der Waals surface area contributed by atoms with E-state index >= 15 is 0 Å². The quantitative estimate of drug-likeness (QED) is 0.693. The number of esters is 1. The van der Waals surface area contributed by atoms with Crippen LogP contribution < -0.4 is 10.5 Å². The van der Waals surface area contributed by atoms with Gasteiger partial charge in [-0.25, -0.2) is 9.78 Å². The molecule has 5 heteroatoms. The molecule has 0 saturated heterocycles. The zero-order valence-electron chi connectivity index (χ0n) is 12.6. The minimum absolute atomic E-state index is 0.411. The lowest BCUT2D eigenvalue weighted by Crippen LogP contribution is -2.05. The Balaban J connectivity index is 2.31. The first-order valence-electron chi connectivity index (χ1n) is 6.53. The van der Waals surface area contributed by atoms with Crippen LogP contribution in [-0.4, -0.2) is 18.1 Å². The molecule has 2 rings (SSSR count). The van der Waals surface area contributed by atoms with Gasteiger partial charge in [0.15, 0.2) is 0 Å². The Morgan fingerprint density at radius 3 is 2.48 bits per heavy atom. The van der Waals surface area contributed by atoms with E-state index < -0.39 is 5.97 Å². The number of nitrogen functional groups attached to an aromatic ring is 1. The van der Waals surface area contributed by atoms with E-state index in [2.05, 4.69) is 9.72 Å². The Labute approximate surface area is 123 Å². The minimum atomic E-state index is -0.411. The number of aromatic nitrogens is 1. The molecule has 0 saturated carbocycles. The molecule has 0 fully saturated rings. The number of pyridine rings is 1. The van der Waals surface area contributed by atoms with E-state index in [-0.39, 0.29) is 0 Å². The largest absolute Gasteiger partial charge is 0.465 e. The van der Waals surface area contributed by atoms with E-state index in [1.54, 1.807) is 19.1 Å². The second-order valence-electron chi connectivity index (χ2n) is 4.85. The van der Waals surface area contributed by atoms with Crippen molar-refractivity contribution in [1.82, 2.24) is 4.98 Å². The number of rotatable bonds is 3. The van der Waals surface area contributed by atoms with Crippen molar-refractivity contribution in [3.8, 4) is 11.6 Å². The summed E-state index contributed by atoms with van der Waals surface area (Å²) in [5, 5.41) is 0. The topological polar surface area (TPSA) is 74.4 Å². The Morgan fingerprint density at radius 1 is 1.14 bits per heavy atom. The summed E-state index contributed by atoms with van der Waals surface area (Å²) in [6.07, 6.45) is 0. The zero-order chi connectivity index (χ0) is 15.6. The summed E-state index contributed by atoms with van der Waals surface area (Å²) in [7, 11) is 1.34. The highest BCUT2D eigenvalue weighted by Gasteiger charge is 2.12. The van der Waals surface area contributed by atoms with Crippen LogP contribution in [0, 0.1) is 20.8 Å². The Kier molecular flexibility index (Phi) is 4.12. The van der Waals surface area contributed by atoms with Gasteiger partial charge in [0, 0.05) is 11.8 Å². The number of nitrogens with two attached hydrogens (primary N) is 1. The lowest BCUT2D eigenvalue weighted by molar-refractivity contribution is 0.0599. The highest BCUT2D eigenvalue weighted by molar-refractivity contribution is 5.90. The monoisotopic (exact) mass is 286 g/mol. The molecule has 110 valence electrons. The van der Waals surface area contributed by atoms with Gasteiger partial charge in [0.1, 0.15) is 5.75 Å². The van der Waals surface area contributed by atoms with Gasteiger partial charge in [-0.3, -0.25) is 0 Å². The maximum atomic E-state index is 11.5. The molecule has 1 aromatic carbocycles. The fourth-order valence-electron chi connectivity index (χ4n) is 1.96. The number of hydrogen-bond acceptors (Lipinski definition) is 5. The third-order valence-corrected chi connectivity index (χ3v) is 3.24. The van der Waals surface area contributed by atoms with Crippen molar-refractivity contribution >= 4 is 11.7 Å². The molecule has 1 heterocycles. The number of ether oxygens (including phenoxy) is 2. The molecule has 5 nitrogen and oxygen atoms in total. The summed E-state index contributed by atoms with van der Waals surface area (Å²) in [5.41, 5.74) is 9.43. The molecule has 0 amide bonds. The van der Waals surface area contributed by atoms with Crippen molar-refractivity contribution in [3.63, 3.8) is 0 Å². The first-order chi connectivity index (χ1) is 9.92. The molecular weight excluding hydrogens is 268 g/mol. The predicted octanol–water partition coefficient (Wildman–Crippen LogP) is 3.17. The Bertz CT molecular complexity index is 696. The van der Waals surface area contributed by atoms with Gasteiger partial charge in [-0.2, -0.15) is 0 Å². The summed E-state index contributed by atoms with van der Waals surface area (Å²) < 4.78 is 10.5. The molecular formula is C16H18N2O3. The maximum Gasteiger partial charge on any atom is 0.339 e. The van der Waals surface area contributed by atoms with E-state index in [1.165, 1.54) is 7.11 Å². The van der Waals surface area contributed by atoms with Crippen LogP contribution in [0.5, 0.6) is 11.6 Å². The number of benzene rings is 1. The van der Waals surface area contributed by atoms with Crippen molar-refractivity contribution in [2.45, 2.75) is 20.8 Å². The molecule has 1 aromatic heterocycles. The maximum absolute atomic E-state index is 11.5. The van der Waals surface area contributed by atoms with Gasteiger partial charge in [0.05, 0.1) is 18.4 Å². The highest BCUT2D eigenvalue weighted by Crippen LogP contribution is 2.28. The third kappa shape index (κ3) is 3.13. The lowest BCUT2D eigenvalue weighted by atomic mass is 10.1. The molecule has 2 N–H and O–H groups in total. The average molecular weight is 286 g/mol. The number of anilines is 1. The smallest absolute Gasteiger partial charge is 0.339 e. The molecule has 0 unspecified atom stereocenters. The van der Waals surface area contributed by atoms with E-state index in [9.17, 15) is 4.79 Å². The molecule has 0 atom stereocenters. The van der Waals surface area contributed by atoms with Crippen LogP contribution in [0.2, 0.25) is 0 Å². The zero-order valence-corrected chi connectivity index (χ0v) is 12.6. The van der Waals surface area contributed by atoms with E-state index in [1.807, 2.05) is 26.0 Å². The van der Waals surface area contributed by atoms with Gasteiger partial charge in [0.2, 0.25) is 5.88 Å². The first kappa shape index (κ1) is 14.8. The van der Waals surface area contributed by atoms with Gasteiger partial charge in [-0.05, 0) is 50.1 Å². The van der Waals surface area contributed by atoms with Crippen LogP contribution in [-0.2, 0) is 4.74 Å². The number of carbonyl (C=O) groups excluding carboxylic acids is 1. The van der Waals surface area contributed by atoms with Crippen molar-refractivity contribution in [1.29, 1.82) is 0 Å². The van der Waals surface area contributed by atoms with Gasteiger partial charge >= 0.3 is 5.97 Å². The average Bonchev–Trinajstić information content (AvgIpc) is 2.44. The van der Waals surface area contributed by atoms with E-state index in [4.69, 9.17) is 10.5 Å². The summed E-state index contributed by atoms with van der Waals surface area (Å²) in [4.78, 5) is 15.8. The molecule has 0 bridgehead atoms. The number of aryl methyl sites for hydroxylation is 3. The van der Waals surface area contributed by atoms with Crippen molar-refractivity contribution < 1.29 is 14.3 Å². The number of nitrogens with zero attached hydrogens (tertiary/aromatic N) is 1. The van der Waals surface area contributed by atoms with Crippen molar-refractivity contribution in [2.24, 2.45) is 0 Å². The second-order valence-corrected chi connectivity index (χ2v) is 4.85. The molecule has 0 aliphatic rings. The number of hydrogen-bond donors (Lipinski definition) is 1. The van der Waals surface area contributed by atoms with Crippen LogP contribution in [0.15, 0.2) is 24.3 Å². The standard InChI is InChI=1S/C16H18N2O3/c1-9-8-14(10(2)7-13(9)17)21-15-6-5-12(11(3)18-15)16(19)20-4/h5-8H,17H2,1-4H3. The van der Waals surface area contributed by atoms with Crippen LogP contribution in [0.1, 0.15) is 27.2 Å². The number of methoxy groups -OCH3 is 1. The Morgan fingerprint density at radius 2 is 1.86 bits per heavy atom. The van der Waals surface area contributed by atoms with Crippen LogP contribution >= 0.6 is 0 Å². The predicted molar refractivity (Wildman–Crippen MR) is 80.7 cm³/mol. The molecule has 0 radical (unpaired) electrons. The van der Waals surface area contributed by atoms with Gasteiger partial charge in [0.25, 0.3) is 0 Å². The van der Waals surface area contributed by atoms with Gasteiger partial charge in [-0.15, -0.1) is 0 Å².